The second-order valence-corrected chi connectivity index (χ2v) is 9.06. The number of carbonyl (C=O) groups is 1. The maximum Gasteiger partial charge on any atom is 0.251 e. The summed E-state index contributed by atoms with van der Waals surface area (Å²) in [5.41, 5.74) is 5.89. The molecule has 172 valence electrons. The quantitative estimate of drug-likeness (QED) is 0.374. The highest BCUT2D eigenvalue weighted by Gasteiger charge is 2.48. The van der Waals surface area contributed by atoms with E-state index >= 15 is 4.39 Å². The average Bonchev–Trinajstić information content (AvgIpc) is 3.46. The zero-order valence-corrected chi connectivity index (χ0v) is 19.3. The molecule has 2 heterocycles. The first-order valence-corrected chi connectivity index (χ1v) is 11.4. The molecule has 0 aliphatic heterocycles. The number of aryl methyl sites for hydroxylation is 1. The molecule has 0 fully saturated rings. The lowest BCUT2D eigenvalue weighted by Gasteiger charge is -2.12. The van der Waals surface area contributed by atoms with E-state index in [2.05, 4.69) is 29.1 Å². The fourth-order valence-electron chi connectivity index (χ4n) is 4.66. The van der Waals surface area contributed by atoms with Crippen molar-refractivity contribution < 1.29 is 13.6 Å². The summed E-state index contributed by atoms with van der Waals surface area (Å²) in [6.45, 7) is 5.90. The smallest absolute Gasteiger partial charge is 0.251 e. The highest BCUT2D eigenvalue weighted by atomic mass is 19.1. The molecule has 1 N–H and O–H groups in total. The van der Waals surface area contributed by atoms with Gasteiger partial charge in [-0.1, -0.05) is 19.9 Å². The number of aromatic nitrogens is 2. The fraction of sp³-hybridized carbons (Fsp3) is 0.250. The number of carbonyl (C=O) groups excluding carboxylic acids is 1. The van der Waals surface area contributed by atoms with E-state index < -0.39 is 6.17 Å². The van der Waals surface area contributed by atoms with E-state index in [4.69, 9.17) is 0 Å². The van der Waals surface area contributed by atoms with Gasteiger partial charge in [0.25, 0.3) is 5.91 Å². The average molecular weight is 458 g/mol. The van der Waals surface area contributed by atoms with Crippen molar-refractivity contribution in [2.75, 3.05) is 6.54 Å². The fourth-order valence-corrected chi connectivity index (χ4v) is 4.66. The molecule has 2 aromatic carbocycles. The van der Waals surface area contributed by atoms with E-state index in [0.717, 1.165) is 39.6 Å². The highest BCUT2D eigenvalue weighted by molar-refractivity contribution is 5.98. The Morgan fingerprint density at radius 3 is 2.65 bits per heavy atom. The third-order valence-electron chi connectivity index (χ3n) is 6.87. The van der Waals surface area contributed by atoms with Crippen LogP contribution in [0.25, 0.3) is 22.2 Å². The zero-order valence-electron chi connectivity index (χ0n) is 19.3. The van der Waals surface area contributed by atoms with Crippen LogP contribution in [0.4, 0.5) is 8.78 Å². The molecule has 2 unspecified atom stereocenters. The second-order valence-electron chi connectivity index (χ2n) is 9.06. The minimum absolute atomic E-state index is 0.158. The van der Waals surface area contributed by atoms with E-state index in [-0.39, 0.29) is 29.4 Å². The first-order chi connectivity index (χ1) is 16.3. The monoisotopic (exact) mass is 457 g/mol. The largest absolute Gasteiger partial charge is 0.349 e. The van der Waals surface area contributed by atoms with Gasteiger partial charge in [-0.05, 0) is 78.6 Å². The number of benzene rings is 2. The second kappa shape index (κ2) is 8.28. The minimum Gasteiger partial charge on any atom is -0.349 e. The SMILES string of the molecule is CCC1(C)c2cc(C(F)CNC(=O)c3cc(C)c4ncccc4c3)nc(-c3ccc(F)cc3)c21. The lowest BCUT2D eigenvalue weighted by atomic mass is 9.99. The third kappa shape index (κ3) is 3.73. The number of hydrogen-bond donors (Lipinski definition) is 1. The Labute approximate surface area is 197 Å². The lowest BCUT2D eigenvalue weighted by molar-refractivity contribution is 0.0941. The van der Waals surface area contributed by atoms with Crippen molar-refractivity contribution in [3.05, 3.63) is 94.6 Å². The molecule has 0 saturated carbocycles. The Kier molecular flexibility index (Phi) is 5.39. The molecule has 1 aliphatic rings. The van der Waals surface area contributed by atoms with Crippen LogP contribution in [0.1, 0.15) is 59.2 Å². The molecule has 0 bridgehead atoms. The van der Waals surface area contributed by atoms with Gasteiger partial charge in [0, 0.05) is 28.1 Å². The Balaban J connectivity index is 1.38. The minimum atomic E-state index is -1.47. The van der Waals surface area contributed by atoms with Crippen LogP contribution in [0.3, 0.4) is 0 Å². The van der Waals surface area contributed by atoms with Gasteiger partial charge >= 0.3 is 0 Å². The van der Waals surface area contributed by atoms with E-state index in [1.165, 1.54) is 12.1 Å². The lowest BCUT2D eigenvalue weighted by Crippen LogP contribution is -2.27. The number of rotatable bonds is 6. The predicted octanol–water partition coefficient (Wildman–Crippen LogP) is 6.21. The molecule has 1 amide bonds. The summed E-state index contributed by atoms with van der Waals surface area (Å²) in [4.78, 5) is 21.7. The van der Waals surface area contributed by atoms with Gasteiger partial charge in [-0.15, -0.1) is 0 Å². The van der Waals surface area contributed by atoms with Crippen molar-refractivity contribution in [3.8, 4) is 11.3 Å². The molecule has 0 saturated heterocycles. The summed E-state index contributed by atoms with van der Waals surface area (Å²) < 4.78 is 28.8. The van der Waals surface area contributed by atoms with Crippen LogP contribution >= 0.6 is 0 Å². The first-order valence-electron chi connectivity index (χ1n) is 11.4. The molecule has 4 nitrogen and oxygen atoms in total. The standard InChI is InChI=1S/C28H25F2N3O/c1-4-28(3)21-14-23(33-26(24(21)28)17-7-9-20(29)10-8-17)22(30)15-32-27(34)19-12-16(2)25-18(13-19)6-5-11-31-25/h5-14,22H,4,15H2,1-3H3,(H,32,34). The van der Waals surface area contributed by atoms with Crippen LogP contribution in [0, 0.1) is 12.7 Å². The summed E-state index contributed by atoms with van der Waals surface area (Å²) in [7, 11) is 0. The summed E-state index contributed by atoms with van der Waals surface area (Å²) in [6.07, 6.45) is 1.11. The number of hydrogen-bond acceptors (Lipinski definition) is 3. The van der Waals surface area contributed by atoms with Crippen molar-refractivity contribution in [2.24, 2.45) is 0 Å². The van der Waals surface area contributed by atoms with E-state index in [0.29, 0.717) is 11.3 Å². The van der Waals surface area contributed by atoms with Crippen LogP contribution < -0.4 is 5.32 Å². The normalized spacial score (nSPS) is 17.3. The number of nitrogens with one attached hydrogen (secondary N) is 1. The summed E-state index contributed by atoms with van der Waals surface area (Å²) in [5, 5.41) is 3.56. The van der Waals surface area contributed by atoms with Gasteiger partial charge in [-0.3, -0.25) is 9.78 Å². The molecule has 0 radical (unpaired) electrons. The molecular weight excluding hydrogens is 432 g/mol. The molecule has 34 heavy (non-hydrogen) atoms. The Morgan fingerprint density at radius 1 is 1.15 bits per heavy atom. The number of amides is 1. The molecule has 2 atom stereocenters. The first kappa shape index (κ1) is 22.1. The highest BCUT2D eigenvalue weighted by Crippen LogP contribution is 2.56. The van der Waals surface area contributed by atoms with E-state index in [1.54, 1.807) is 36.5 Å². The Hall–Kier alpha value is -3.67. The molecule has 6 heteroatoms. The van der Waals surface area contributed by atoms with Gasteiger partial charge in [-0.2, -0.15) is 0 Å². The van der Waals surface area contributed by atoms with Gasteiger partial charge in [0.2, 0.25) is 0 Å². The van der Waals surface area contributed by atoms with Crippen molar-refractivity contribution in [1.29, 1.82) is 0 Å². The van der Waals surface area contributed by atoms with E-state index in [9.17, 15) is 9.18 Å². The van der Waals surface area contributed by atoms with Crippen molar-refractivity contribution in [3.63, 3.8) is 0 Å². The maximum atomic E-state index is 15.3. The van der Waals surface area contributed by atoms with Crippen LogP contribution in [0.2, 0.25) is 0 Å². The zero-order chi connectivity index (χ0) is 24.0. The summed E-state index contributed by atoms with van der Waals surface area (Å²) in [5.74, 6) is -0.676. The van der Waals surface area contributed by atoms with Gasteiger partial charge in [0.1, 0.15) is 5.82 Å². The van der Waals surface area contributed by atoms with Gasteiger partial charge in [0.05, 0.1) is 23.4 Å². The number of alkyl halides is 1. The number of halogens is 2. The van der Waals surface area contributed by atoms with Crippen LogP contribution in [-0.4, -0.2) is 22.4 Å². The molecule has 0 spiro atoms. The van der Waals surface area contributed by atoms with Crippen LogP contribution in [0.15, 0.2) is 60.8 Å². The van der Waals surface area contributed by atoms with Gasteiger partial charge < -0.3 is 5.32 Å². The van der Waals surface area contributed by atoms with Crippen molar-refractivity contribution >= 4 is 16.8 Å². The third-order valence-corrected chi connectivity index (χ3v) is 6.87. The number of fused-ring (bicyclic) bond motifs is 2. The Morgan fingerprint density at radius 2 is 1.91 bits per heavy atom. The van der Waals surface area contributed by atoms with Gasteiger partial charge in [0.15, 0.2) is 6.17 Å². The topological polar surface area (TPSA) is 54.9 Å². The predicted molar refractivity (Wildman–Crippen MR) is 129 cm³/mol. The molecule has 4 aromatic rings. The van der Waals surface area contributed by atoms with Crippen LogP contribution in [0.5, 0.6) is 0 Å². The van der Waals surface area contributed by atoms with Crippen LogP contribution in [-0.2, 0) is 5.41 Å². The van der Waals surface area contributed by atoms with E-state index in [1.807, 2.05) is 19.1 Å². The molecule has 2 aromatic heterocycles. The van der Waals surface area contributed by atoms with Crippen molar-refractivity contribution in [2.45, 2.75) is 38.8 Å². The maximum absolute atomic E-state index is 15.3. The van der Waals surface area contributed by atoms with Crippen molar-refractivity contribution in [1.82, 2.24) is 15.3 Å². The summed E-state index contributed by atoms with van der Waals surface area (Å²) in [6, 6.07) is 15.1. The molecule has 1 aliphatic carbocycles. The molecule has 5 rings (SSSR count). The van der Waals surface area contributed by atoms with Gasteiger partial charge in [-0.25, -0.2) is 13.8 Å². The molecular formula is C28H25F2N3O. The Bertz CT molecular complexity index is 1420. The number of nitrogens with zero attached hydrogens (tertiary/aromatic N) is 2. The summed E-state index contributed by atoms with van der Waals surface area (Å²) >= 11 is 0. The number of pyridine rings is 2.